The molecule has 0 spiro atoms. The van der Waals surface area contributed by atoms with Gasteiger partial charge < -0.3 is 9.84 Å². The number of carboxylic acids is 1. The molecule has 0 unspecified atom stereocenters. The van der Waals surface area contributed by atoms with Crippen LogP contribution in [0.4, 0.5) is 0 Å². The molecule has 0 heterocycles. The highest BCUT2D eigenvalue weighted by Gasteiger charge is 2.10. The van der Waals surface area contributed by atoms with Crippen LogP contribution in [-0.4, -0.2) is 23.9 Å². The van der Waals surface area contributed by atoms with Gasteiger partial charge in [-0.25, -0.2) is 4.79 Å². The van der Waals surface area contributed by atoms with Crippen molar-refractivity contribution in [3.63, 3.8) is 0 Å². The highest BCUT2D eigenvalue weighted by Crippen LogP contribution is 2.21. The number of hydrogen-bond donors (Lipinski definition) is 1. The molecule has 0 fully saturated rings. The summed E-state index contributed by atoms with van der Waals surface area (Å²) < 4.78 is 4.99. The lowest BCUT2D eigenvalue weighted by atomic mass is 10.1. The van der Waals surface area contributed by atoms with Crippen LogP contribution in [0, 0.1) is 0 Å². The molecule has 0 saturated heterocycles. The minimum absolute atomic E-state index is 0.329. The van der Waals surface area contributed by atoms with E-state index in [1.165, 1.54) is 7.11 Å². The molecule has 15 heavy (non-hydrogen) atoms. The quantitative estimate of drug-likeness (QED) is 0.838. The average molecular weight is 226 g/mol. The summed E-state index contributed by atoms with van der Waals surface area (Å²) in [5, 5.41) is 9.02. The van der Waals surface area contributed by atoms with Gasteiger partial charge in [0.25, 0.3) is 0 Å². The van der Waals surface area contributed by atoms with Crippen LogP contribution < -0.4 is 4.74 Å². The van der Waals surface area contributed by atoms with Crippen LogP contribution in [0.3, 0.4) is 0 Å². The molecule has 1 aromatic rings. The molecule has 1 aromatic carbocycles. The molecular formula is C11H14O3S. The van der Waals surface area contributed by atoms with Crippen LogP contribution in [-0.2, 0) is 5.75 Å². The molecule has 3 nitrogen and oxygen atoms in total. The topological polar surface area (TPSA) is 46.5 Å². The van der Waals surface area contributed by atoms with Gasteiger partial charge in [-0.2, -0.15) is 11.8 Å². The maximum Gasteiger partial charge on any atom is 0.336 e. The van der Waals surface area contributed by atoms with E-state index < -0.39 is 5.97 Å². The van der Waals surface area contributed by atoms with Gasteiger partial charge in [0, 0.05) is 5.75 Å². The molecule has 82 valence electrons. The number of carbonyl (C=O) groups is 1. The van der Waals surface area contributed by atoms with E-state index >= 15 is 0 Å². The molecule has 0 amide bonds. The van der Waals surface area contributed by atoms with Crippen LogP contribution in [0.1, 0.15) is 22.8 Å². The number of hydrogen-bond acceptors (Lipinski definition) is 3. The summed E-state index contributed by atoms with van der Waals surface area (Å²) in [5.74, 6) is 1.38. The molecule has 1 N–H and O–H groups in total. The molecule has 0 bridgehead atoms. The SMILES string of the molecule is CCSCc1ccc(OC)cc1C(=O)O. The molecule has 0 aromatic heterocycles. The molecule has 0 saturated carbocycles. The predicted molar refractivity (Wildman–Crippen MR) is 61.8 cm³/mol. The number of rotatable bonds is 5. The van der Waals surface area contributed by atoms with Gasteiger partial charge >= 0.3 is 5.97 Å². The summed E-state index contributed by atoms with van der Waals surface area (Å²) in [6.07, 6.45) is 0. The zero-order chi connectivity index (χ0) is 11.3. The standard InChI is InChI=1S/C11H14O3S/c1-3-15-7-8-4-5-9(14-2)6-10(8)11(12)13/h4-6H,3,7H2,1-2H3,(H,12,13). The Morgan fingerprint density at radius 1 is 1.53 bits per heavy atom. The number of aromatic carboxylic acids is 1. The zero-order valence-corrected chi connectivity index (χ0v) is 9.63. The van der Waals surface area contributed by atoms with E-state index in [4.69, 9.17) is 9.84 Å². The second-order valence-electron chi connectivity index (χ2n) is 2.97. The first-order valence-corrected chi connectivity index (χ1v) is 5.82. The van der Waals surface area contributed by atoms with E-state index in [0.717, 1.165) is 17.1 Å². The molecule has 1 rings (SSSR count). The summed E-state index contributed by atoms with van der Waals surface area (Å²) in [6, 6.07) is 5.16. The average Bonchev–Trinajstić information content (AvgIpc) is 2.26. The van der Waals surface area contributed by atoms with Gasteiger partial charge in [-0.05, 0) is 23.4 Å². The van der Waals surface area contributed by atoms with E-state index in [1.54, 1.807) is 23.9 Å². The van der Waals surface area contributed by atoms with Gasteiger partial charge in [-0.15, -0.1) is 0 Å². The third-order valence-corrected chi connectivity index (χ3v) is 2.93. The number of thioether (sulfide) groups is 1. The molecule has 0 atom stereocenters. The van der Waals surface area contributed by atoms with Crippen LogP contribution >= 0.6 is 11.8 Å². The second kappa shape index (κ2) is 5.66. The first kappa shape index (κ1) is 11.9. The molecule has 0 aliphatic carbocycles. The number of ether oxygens (including phenoxy) is 1. The summed E-state index contributed by atoms with van der Waals surface area (Å²) in [6.45, 7) is 2.05. The highest BCUT2D eigenvalue weighted by atomic mass is 32.2. The fourth-order valence-corrected chi connectivity index (χ4v) is 1.90. The van der Waals surface area contributed by atoms with Gasteiger partial charge in [0.15, 0.2) is 0 Å². The van der Waals surface area contributed by atoms with E-state index in [-0.39, 0.29) is 0 Å². The Morgan fingerprint density at radius 2 is 2.27 bits per heavy atom. The maximum atomic E-state index is 11.0. The van der Waals surface area contributed by atoms with Crippen molar-refractivity contribution in [2.75, 3.05) is 12.9 Å². The Bertz CT molecular complexity index is 350. The van der Waals surface area contributed by atoms with E-state index in [9.17, 15) is 4.79 Å². The third-order valence-electron chi connectivity index (χ3n) is 2.01. The monoisotopic (exact) mass is 226 g/mol. The Kier molecular flexibility index (Phi) is 4.49. The molecule has 4 heteroatoms. The molecule has 0 radical (unpaired) electrons. The van der Waals surface area contributed by atoms with E-state index in [2.05, 4.69) is 6.92 Å². The molecule has 0 aliphatic heterocycles. The first-order valence-electron chi connectivity index (χ1n) is 4.67. The maximum absolute atomic E-state index is 11.0. The van der Waals surface area contributed by atoms with Gasteiger partial charge in [0.2, 0.25) is 0 Å². The minimum Gasteiger partial charge on any atom is -0.497 e. The van der Waals surface area contributed by atoms with Crippen molar-refractivity contribution in [3.8, 4) is 5.75 Å². The van der Waals surface area contributed by atoms with Crippen molar-refractivity contribution in [3.05, 3.63) is 29.3 Å². The van der Waals surface area contributed by atoms with Crippen molar-refractivity contribution >= 4 is 17.7 Å². The number of methoxy groups -OCH3 is 1. The van der Waals surface area contributed by atoms with Crippen molar-refractivity contribution in [2.45, 2.75) is 12.7 Å². The molecular weight excluding hydrogens is 212 g/mol. The van der Waals surface area contributed by atoms with Gasteiger partial charge in [0.05, 0.1) is 12.7 Å². The van der Waals surface area contributed by atoms with Crippen LogP contribution in [0.15, 0.2) is 18.2 Å². The lowest BCUT2D eigenvalue weighted by molar-refractivity contribution is 0.0695. The molecule has 0 aliphatic rings. The number of carboxylic acid groups (broad SMARTS) is 1. The Labute approximate surface area is 93.4 Å². The highest BCUT2D eigenvalue weighted by molar-refractivity contribution is 7.98. The lowest BCUT2D eigenvalue weighted by Gasteiger charge is -2.07. The minimum atomic E-state index is -0.902. The van der Waals surface area contributed by atoms with E-state index in [1.807, 2.05) is 6.07 Å². The van der Waals surface area contributed by atoms with Crippen LogP contribution in [0.25, 0.3) is 0 Å². The summed E-state index contributed by atoms with van der Waals surface area (Å²) in [5.41, 5.74) is 1.17. The summed E-state index contributed by atoms with van der Waals surface area (Å²) in [7, 11) is 1.53. The Balaban J connectivity index is 2.98. The fraction of sp³-hybridized carbons (Fsp3) is 0.364. The van der Waals surface area contributed by atoms with Crippen molar-refractivity contribution < 1.29 is 14.6 Å². The third kappa shape index (κ3) is 3.16. The van der Waals surface area contributed by atoms with Crippen molar-refractivity contribution in [1.82, 2.24) is 0 Å². The van der Waals surface area contributed by atoms with Gasteiger partial charge in [-0.3, -0.25) is 0 Å². The smallest absolute Gasteiger partial charge is 0.336 e. The zero-order valence-electron chi connectivity index (χ0n) is 8.82. The summed E-state index contributed by atoms with van der Waals surface area (Å²) >= 11 is 1.70. The van der Waals surface area contributed by atoms with Crippen molar-refractivity contribution in [1.29, 1.82) is 0 Å². The lowest BCUT2D eigenvalue weighted by Crippen LogP contribution is -2.02. The van der Waals surface area contributed by atoms with Gasteiger partial charge in [-0.1, -0.05) is 13.0 Å². The normalized spacial score (nSPS) is 10.0. The fourth-order valence-electron chi connectivity index (χ4n) is 1.22. The van der Waals surface area contributed by atoms with Crippen molar-refractivity contribution in [2.24, 2.45) is 0 Å². The Hall–Kier alpha value is -1.16. The second-order valence-corrected chi connectivity index (χ2v) is 4.24. The predicted octanol–water partition coefficient (Wildman–Crippen LogP) is 2.65. The van der Waals surface area contributed by atoms with Gasteiger partial charge in [0.1, 0.15) is 5.75 Å². The van der Waals surface area contributed by atoms with Crippen LogP contribution in [0.2, 0.25) is 0 Å². The largest absolute Gasteiger partial charge is 0.497 e. The number of benzene rings is 1. The first-order chi connectivity index (χ1) is 7.19. The Morgan fingerprint density at radius 3 is 2.80 bits per heavy atom. The van der Waals surface area contributed by atoms with E-state index in [0.29, 0.717) is 11.3 Å². The summed E-state index contributed by atoms with van der Waals surface area (Å²) in [4.78, 5) is 11.0. The van der Waals surface area contributed by atoms with Crippen LogP contribution in [0.5, 0.6) is 5.75 Å².